The van der Waals surface area contributed by atoms with Crippen molar-refractivity contribution in [1.29, 1.82) is 5.53 Å². The van der Waals surface area contributed by atoms with Gasteiger partial charge in [0.1, 0.15) is 11.4 Å². The van der Waals surface area contributed by atoms with Gasteiger partial charge in [0.05, 0.1) is 6.61 Å². The second-order valence-electron chi connectivity index (χ2n) is 4.30. The number of nitrogens with one attached hydrogen (secondary N) is 1. The first-order valence-electron chi connectivity index (χ1n) is 6.55. The quantitative estimate of drug-likeness (QED) is 0.516. The SMILES string of the molecule is CCCCOc1cc(CCCCO)ccc1N=N. The molecule has 4 nitrogen and oxygen atoms in total. The molecule has 0 saturated heterocycles. The summed E-state index contributed by atoms with van der Waals surface area (Å²) in [6, 6.07) is 5.75. The average molecular weight is 250 g/mol. The topological polar surface area (TPSA) is 65.7 Å². The maximum atomic E-state index is 8.76. The Hall–Kier alpha value is -1.42. The first-order valence-corrected chi connectivity index (χ1v) is 6.55. The zero-order valence-electron chi connectivity index (χ0n) is 11.0. The van der Waals surface area contributed by atoms with E-state index in [9.17, 15) is 0 Å². The van der Waals surface area contributed by atoms with Crippen molar-refractivity contribution in [3.8, 4) is 5.75 Å². The lowest BCUT2D eigenvalue weighted by molar-refractivity contribution is 0.284. The number of aliphatic hydroxyl groups is 1. The van der Waals surface area contributed by atoms with Crippen molar-refractivity contribution in [2.24, 2.45) is 5.11 Å². The standard InChI is InChI=1S/C14H22N2O2/c1-2-3-10-18-14-11-12(6-4-5-9-17)7-8-13(14)16-15/h7-8,11,15,17H,2-6,9-10H2,1H3. The fraction of sp³-hybridized carbons (Fsp3) is 0.571. The first-order chi connectivity index (χ1) is 8.81. The summed E-state index contributed by atoms with van der Waals surface area (Å²) in [7, 11) is 0. The molecule has 18 heavy (non-hydrogen) atoms. The van der Waals surface area contributed by atoms with E-state index in [0.29, 0.717) is 18.0 Å². The minimum absolute atomic E-state index is 0.236. The van der Waals surface area contributed by atoms with Gasteiger partial charge in [-0.15, -0.1) is 0 Å². The van der Waals surface area contributed by atoms with Crippen LogP contribution in [0.5, 0.6) is 5.75 Å². The van der Waals surface area contributed by atoms with Crippen LogP contribution in [0.1, 0.15) is 38.2 Å². The van der Waals surface area contributed by atoms with Crippen molar-refractivity contribution in [3.63, 3.8) is 0 Å². The molecule has 0 unspecified atom stereocenters. The van der Waals surface area contributed by atoms with E-state index in [-0.39, 0.29) is 6.61 Å². The molecule has 0 heterocycles. The lowest BCUT2D eigenvalue weighted by atomic mass is 10.1. The molecule has 4 heteroatoms. The third kappa shape index (κ3) is 4.84. The van der Waals surface area contributed by atoms with Gasteiger partial charge in [0.2, 0.25) is 0 Å². The lowest BCUT2D eigenvalue weighted by Gasteiger charge is -2.09. The molecule has 1 aromatic rings. The molecule has 2 N–H and O–H groups in total. The van der Waals surface area contributed by atoms with Crippen LogP contribution in [0.15, 0.2) is 23.3 Å². The maximum Gasteiger partial charge on any atom is 0.147 e. The van der Waals surface area contributed by atoms with E-state index >= 15 is 0 Å². The van der Waals surface area contributed by atoms with Crippen LogP contribution in [0.25, 0.3) is 0 Å². The molecule has 0 radical (unpaired) electrons. The van der Waals surface area contributed by atoms with Crippen LogP contribution < -0.4 is 4.74 Å². The van der Waals surface area contributed by atoms with Crippen LogP contribution in [-0.2, 0) is 6.42 Å². The normalized spacial score (nSPS) is 10.3. The van der Waals surface area contributed by atoms with Crippen molar-refractivity contribution in [2.45, 2.75) is 39.0 Å². The van der Waals surface area contributed by atoms with E-state index in [1.165, 1.54) is 5.56 Å². The highest BCUT2D eigenvalue weighted by atomic mass is 16.5. The third-order valence-electron chi connectivity index (χ3n) is 2.77. The number of ether oxygens (including phenoxy) is 1. The van der Waals surface area contributed by atoms with E-state index in [4.69, 9.17) is 15.4 Å². The first kappa shape index (κ1) is 14.6. The maximum absolute atomic E-state index is 8.76. The van der Waals surface area contributed by atoms with Crippen LogP contribution in [-0.4, -0.2) is 18.3 Å². The molecule has 0 aromatic heterocycles. The smallest absolute Gasteiger partial charge is 0.147 e. The summed E-state index contributed by atoms with van der Waals surface area (Å²) in [6.45, 7) is 3.02. The minimum Gasteiger partial charge on any atom is -0.491 e. The van der Waals surface area contributed by atoms with E-state index in [1.807, 2.05) is 18.2 Å². The average Bonchev–Trinajstić information content (AvgIpc) is 2.40. The lowest BCUT2D eigenvalue weighted by Crippen LogP contribution is -1.98. The Balaban J connectivity index is 2.65. The summed E-state index contributed by atoms with van der Waals surface area (Å²) < 4.78 is 5.65. The number of rotatable bonds is 9. The van der Waals surface area contributed by atoms with Gasteiger partial charge in [0.15, 0.2) is 0 Å². The summed E-state index contributed by atoms with van der Waals surface area (Å²) in [5.74, 6) is 0.694. The van der Waals surface area contributed by atoms with Gasteiger partial charge in [-0.25, -0.2) is 5.53 Å². The van der Waals surface area contributed by atoms with Crippen molar-refractivity contribution >= 4 is 5.69 Å². The molecule has 0 fully saturated rings. The highest BCUT2D eigenvalue weighted by Crippen LogP contribution is 2.29. The Labute approximate surface area is 108 Å². The molecule has 1 rings (SSSR count). The van der Waals surface area contributed by atoms with Crippen LogP contribution >= 0.6 is 0 Å². The number of unbranched alkanes of at least 4 members (excludes halogenated alkanes) is 2. The molecule has 0 saturated carbocycles. The van der Waals surface area contributed by atoms with Crippen molar-refractivity contribution < 1.29 is 9.84 Å². The summed E-state index contributed by atoms with van der Waals surface area (Å²) in [4.78, 5) is 0. The molecule has 0 aliphatic carbocycles. The van der Waals surface area contributed by atoms with Crippen LogP contribution in [0, 0.1) is 5.53 Å². The summed E-state index contributed by atoms with van der Waals surface area (Å²) in [6.07, 6.45) is 4.79. The Kier molecular flexibility index (Phi) is 7.03. The van der Waals surface area contributed by atoms with Gasteiger partial charge in [-0.05, 0) is 43.4 Å². The minimum atomic E-state index is 0.236. The molecule has 0 atom stereocenters. The van der Waals surface area contributed by atoms with Gasteiger partial charge in [-0.1, -0.05) is 19.4 Å². The Morgan fingerprint density at radius 2 is 2.11 bits per heavy atom. The van der Waals surface area contributed by atoms with Gasteiger partial charge in [-0.3, -0.25) is 0 Å². The van der Waals surface area contributed by atoms with Gasteiger partial charge >= 0.3 is 0 Å². The predicted octanol–water partition coefficient (Wildman–Crippen LogP) is 3.84. The highest BCUT2D eigenvalue weighted by Gasteiger charge is 2.04. The van der Waals surface area contributed by atoms with Crippen LogP contribution in [0.4, 0.5) is 5.69 Å². The number of hydrogen-bond acceptors (Lipinski definition) is 4. The van der Waals surface area contributed by atoms with Gasteiger partial charge in [0, 0.05) is 6.61 Å². The number of benzene rings is 1. The zero-order chi connectivity index (χ0) is 13.2. The van der Waals surface area contributed by atoms with Crippen LogP contribution in [0.2, 0.25) is 0 Å². The highest BCUT2D eigenvalue weighted by molar-refractivity contribution is 5.52. The molecule has 0 aliphatic rings. The number of aryl methyl sites for hydroxylation is 1. The fourth-order valence-corrected chi connectivity index (χ4v) is 1.69. The van der Waals surface area contributed by atoms with Gasteiger partial charge in [-0.2, -0.15) is 5.11 Å². The Bertz CT molecular complexity index is 367. The molecule has 100 valence electrons. The van der Waals surface area contributed by atoms with Crippen molar-refractivity contribution in [2.75, 3.05) is 13.2 Å². The monoisotopic (exact) mass is 250 g/mol. The van der Waals surface area contributed by atoms with Crippen molar-refractivity contribution in [1.82, 2.24) is 0 Å². The molecule has 0 amide bonds. The Morgan fingerprint density at radius 1 is 1.28 bits per heavy atom. The van der Waals surface area contributed by atoms with Crippen LogP contribution in [0.3, 0.4) is 0 Å². The zero-order valence-corrected chi connectivity index (χ0v) is 11.0. The fourth-order valence-electron chi connectivity index (χ4n) is 1.69. The molecular formula is C14H22N2O2. The van der Waals surface area contributed by atoms with E-state index in [2.05, 4.69) is 12.0 Å². The van der Waals surface area contributed by atoms with E-state index < -0.39 is 0 Å². The number of nitrogens with zero attached hydrogens (tertiary/aromatic N) is 1. The second-order valence-corrected chi connectivity index (χ2v) is 4.30. The van der Waals surface area contributed by atoms with E-state index in [0.717, 1.165) is 32.1 Å². The predicted molar refractivity (Wildman–Crippen MR) is 71.7 cm³/mol. The molecule has 1 aromatic carbocycles. The van der Waals surface area contributed by atoms with Crippen molar-refractivity contribution in [3.05, 3.63) is 23.8 Å². The molecule has 0 aliphatic heterocycles. The van der Waals surface area contributed by atoms with Gasteiger partial charge < -0.3 is 9.84 Å². The number of aliphatic hydroxyl groups excluding tert-OH is 1. The Morgan fingerprint density at radius 3 is 2.78 bits per heavy atom. The molecule has 0 bridgehead atoms. The summed E-state index contributed by atoms with van der Waals surface area (Å²) in [5, 5.41) is 12.2. The summed E-state index contributed by atoms with van der Waals surface area (Å²) in [5.41, 5.74) is 8.86. The largest absolute Gasteiger partial charge is 0.491 e. The van der Waals surface area contributed by atoms with E-state index in [1.54, 1.807) is 0 Å². The summed E-state index contributed by atoms with van der Waals surface area (Å²) >= 11 is 0. The third-order valence-corrected chi connectivity index (χ3v) is 2.77. The molecular weight excluding hydrogens is 228 g/mol. The second kappa shape index (κ2) is 8.64. The van der Waals surface area contributed by atoms with Gasteiger partial charge in [0.25, 0.3) is 0 Å². The number of hydrogen-bond donors (Lipinski definition) is 2. The molecule has 0 spiro atoms.